The van der Waals surface area contributed by atoms with E-state index in [1.54, 1.807) is 41.4 Å². The number of hydrogen-bond acceptors (Lipinski definition) is 6. The van der Waals surface area contributed by atoms with Gasteiger partial charge in [0.15, 0.2) is 5.54 Å². The summed E-state index contributed by atoms with van der Waals surface area (Å²) in [7, 11) is 1.54. The molecule has 9 nitrogen and oxygen atoms in total. The van der Waals surface area contributed by atoms with Gasteiger partial charge >= 0.3 is 6.03 Å². The topological polar surface area (TPSA) is 127 Å². The molecule has 0 spiro atoms. The summed E-state index contributed by atoms with van der Waals surface area (Å²) in [5.41, 5.74) is 8.06. The zero-order chi connectivity index (χ0) is 23.2. The summed E-state index contributed by atoms with van der Waals surface area (Å²) in [6.07, 6.45) is 1.62. The van der Waals surface area contributed by atoms with Gasteiger partial charge in [0.2, 0.25) is 0 Å². The summed E-state index contributed by atoms with van der Waals surface area (Å²) in [6, 6.07) is 15.5. The first-order chi connectivity index (χ1) is 15.9. The zero-order valence-corrected chi connectivity index (χ0v) is 17.8. The maximum absolute atomic E-state index is 13.1. The quantitative estimate of drug-likeness (QED) is 0.518. The van der Waals surface area contributed by atoms with E-state index in [0.717, 1.165) is 16.7 Å². The second kappa shape index (κ2) is 7.63. The number of amides is 4. The summed E-state index contributed by atoms with van der Waals surface area (Å²) >= 11 is 0. The Morgan fingerprint density at radius 2 is 1.85 bits per heavy atom. The lowest BCUT2D eigenvalue weighted by molar-refractivity contribution is -0.124. The number of ether oxygens (including phenoxy) is 1. The van der Waals surface area contributed by atoms with Crippen LogP contribution in [0.2, 0.25) is 0 Å². The van der Waals surface area contributed by atoms with Gasteiger partial charge in [-0.15, -0.1) is 0 Å². The highest BCUT2D eigenvalue weighted by Crippen LogP contribution is 2.33. The monoisotopic (exact) mass is 443 g/mol. The van der Waals surface area contributed by atoms with E-state index in [2.05, 4.69) is 15.6 Å². The average molecular weight is 443 g/mol. The summed E-state index contributed by atoms with van der Waals surface area (Å²) in [4.78, 5) is 43.8. The van der Waals surface area contributed by atoms with Crippen molar-refractivity contribution in [1.29, 1.82) is 0 Å². The van der Waals surface area contributed by atoms with Gasteiger partial charge in [-0.25, -0.2) is 9.78 Å². The number of carbonyl (C=O) groups is 3. The fourth-order valence-electron chi connectivity index (χ4n) is 4.35. The number of nitrogens with one attached hydrogen (secondary N) is 2. The number of hydrogen-bond donors (Lipinski definition) is 3. The molecule has 4 N–H and O–H groups in total. The van der Waals surface area contributed by atoms with Crippen molar-refractivity contribution in [2.75, 3.05) is 19.4 Å². The maximum atomic E-state index is 13.1. The second-order valence-corrected chi connectivity index (χ2v) is 8.04. The van der Waals surface area contributed by atoms with Gasteiger partial charge in [0.1, 0.15) is 11.6 Å². The van der Waals surface area contributed by atoms with Crippen LogP contribution in [0.15, 0.2) is 60.8 Å². The molecule has 2 aromatic carbocycles. The van der Waals surface area contributed by atoms with Gasteiger partial charge in [-0.1, -0.05) is 30.3 Å². The van der Waals surface area contributed by atoms with E-state index in [0.29, 0.717) is 29.2 Å². The molecule has 1 saturated heterocycles. The van der Waals surface area contributed by atoms with Crippen LogP contribution in [0.1, 0.15) is 21.5 Å². The highest BCUT2D eigenvalue weighted by atomic mass is 16.5. The van der Waals surface area contributed by atoms with E-state index in [-0.39, 0.29) is 12.5 Å². The molecule has 1 fully saturated rings. The fourth-order valence-corrected chi connectivity index (χ4v) is 4.35. The number of nitrogens with zero attached hydrogens (tertiary/aromatic N) is 2. The zero-order valence-electron chi connectivity index (χ0n) is 17.8. The molecule has 33 heavy (non-hydrogen) atoms. The number of aromatic nitrogens is 1. The summed E-state index contributed by atoms with van der Waals surface area (Å²) in [5.74, 6) is 0.257. The lowest BCUT2D eigenvalue weighted by atomic mass is 9.88. The number of pyridine rings is 1. The molecule has 3 heterocycles. The first-order valence-corrected chi connectivity index (χ1v) is 10.3. The molecule has 1 aromatic heterocycles. The van der Waals surface area contributed by atoms with Gasteiger partial charge in [-0.2, -0.15) is 0 Å². The Bertz CT molecular complexity index is 1290. The Labute approximate surface area is 189 Å². The fraction of sp³-hybridized carbons (Fsp3) is 0.167. The summed E-state index contributed by atoms with van der Waals surface area (Å²) in [6.45, 7) is 0.319. The van der Waals surface area contributed by atoms with Crippen molar-refractivity contribution in [3.05, 3.63) is 77.5 Å². The summed E-state index contributed by atoms with van der Waals surface area (Å²) < 4.78 is 5.23. The normalized spacial score (nSPS) is 19.3. The predicted molar refractivity (Wildman–Crippen MR) is 120 cm³/mol. The highest BCUT2D eigenvalue weighted by molar-refractivity contribution is 6.08. The lowest BCUT2D eigenvalue weighted by Gasteiger charge is -2.31. The molecule has 9 heteroatoms. The molecule has 0 saturated carbocycles. The number of rotatable bonds is 5. The van der Waals surface area contributed by atoms with E-state index < -0.39 is 17.5 Å². The molecule has 2 aliphatic heterocycles. The number of imide groups is 1. The summed E-state index contributed by atoms with van der Waals surface area (Å²) in [5, 5.41) is 5.07. The Hall–Kier alpha value is -4.40. The molecule has 166 valence electrons. The lowest BCUT2D eigenvalue weighted by Crippen LogP contribution is -2.52. The highest BCUT2D eigenvalue weighted by Gasteiger charge is 2.50. The number of urea groups is 1. The average Bonchev–Trinajstić information content (AvgIpc) is 3.28. The minimum Gasteiger partial charge on any atom is -0.497 e. The van der Waals surface area contributed by atoms with Crippen LogP contribution in [0.3, 0.4) is 0 Å². The van der Waals surface area contributed by atoms with Gasteiger partial charge in [-0.3, -0.25) is 14.9 Å². The van der Waals surface area contributed by atoms with Gasteiger partial charge in [0.05, 0.1) is 13.7 Å². The van der Waals surface area contributed by atoms with Crippen molar-refractivity contribution in [3.63, 3.8) is 0 Å². The van der Waals surface area contributed by atoms with Crippen molar-refractivity contribution < 1.29 is 19.1 Å². The first kappa shape index (κ1) is 20.5. The molecule has 4 amide bonds. The van der Waals surface area contributed by atoms with Crippen LogP contribution in [0.4, 0.5) is 10.6 Å². The third kappa shape index (κ3) is 3.43. The van der Waals surface area contributed by atoms with Gasteiger partial charge < -0.3 is 20.7 Å². The van der Waals surface area contributed by atoms with Crippen LogP contribution in [0.25, 0.3) is 11.1 Å². The van der Waals surface area contributed by atoms with E-state index >= 15 is 0 Å². The number of nitrogen functional groups attached to an aromatic ring is 1. The van der Waals surface area contributed by atoms with Crippen LogP contribution >= 0.6 is 0 Å². The van der Waals surface area contributed by atoms with E-state index in [4.69, 9.17) is 10.5 Å². The van der Waals surface area contributed by atoms with Crippen LogP contribution in [0.5, 0.6) is 5.75 Å². The third-order valence-electron chi connectivity index (χ3n) is 6.06. The number of methoxy groups -OCH3 is 1. The van der Waals surface area contributed by atoms with Crippen LogP contribution in [0, 0.1) is 0 Å². The molecular weight excluding hydrogens is 422 g/mol. The second-order valence-electron chi connectivity index (χ2n) is 8.04. The van der Waals surface area contributed by atoms with E-state index in [9.17, 15) is 14.4 Å². The Morgan fingerprint density at radius 1 is 1.06 bits per heavy atom. The van der Waals surface area contributed by atoms with Crippen molar-refractivity contribution in [2.45, 2.75) is 12.1 Å². The third-order valence-corrected chi connectivity index (χ3v) is 6.06. The van der Waals surface area contributed by atoms with Gasteiger partial charge in [0.25, 0.3) is 11.8 Å². The first-order valence-electron chi connectivity index (χ1n) is 10.3. The number of anilines is 1. The molecule has 0 aliphatic carbocycles. The molecule has 5 rings (SSSR count). The maximum Gasteiger partial charge on any atom is 0.322 e. The van der Waals surface area contributed by atoms with Crippen LogP contribution in [-0.4, -0.2) is 41.4 Å². The van der Waals surface area contributed by atoms with Crippen molar-refractivity contribution >= 4 is 23.7 Å². The van der Waals surface area contributed by atoms with Gasteiger partial charge in [0, 0.05) is 18.3 Å². The van der Waals surface area contributed by atoms with E-state index in [1.807, 2.05) is 24.3 Å². The predicted octanol–water partition coefficient (Wildman–Crippen LogP) is 2.03. The number of fused-ring (bicyclic) bond motifs is 1. The Balaban J connectivity index is 1.48. The smallest absolute Gasteiger partial charge is 0.322 e. The minimum atomic E-state index is -1.41. The number of benzene rings is 2. The minimum absolute atomic E-state index is 0.0120. The van der Waals surface area contributed by atoms with Crippen molar-refractivity contribution in [1.82, 2.24) is 20.5 Å². The van der Waals surface area contributed by atoms with Crippen molar-refractivity contribution in [3.8, 4) is 16.9 Å². The molecule has 2 aliphatic rings. The molecule has 0 unspecified atom stereocenters. The van der Waals surface area contributed by atoms with E-state index in [1.165, 1.54) is 7.11 Å². The van der Waals surface area contributed by atoms with Crippen LogP contribution in [-0.2, 0) is 16.9 Å². The standard InChI is InChI=1S/C24H21N5O4/c1-33-18-7-4-16-12-29(21(30)19(16)11-18)13-24(22(31)27-23(32)28-24)17-5-2-14(3-6-17)15-8-9-26-20(25)10-15/h2-11H,12-13H2,1H3,(H2,25,26)(H2,27,28,31,32)/t24-/m0/s1. The largest absolute Gasteiger partial charge is 0.497 e. The van der Waals surface area contributed by atoms with Crippen molar-refractivity contribution in [2.24, 2.45) is 0 Å². The molecular formula is C24H21N5O4. The molecule has 1 atom stereocenters. The molecule has 0 radical (unpaired) electrons. The molecule has 3 aromatic rings. The van der Waals surface area contributed by atoms with Crippen LogP contribution < -0.4 is 21.1 Å². The Kier molecular flexibility index (Phi) is 4.74. The SMILES string of the molecule is COc1ccc2c(c1)C(=O)N(C[C@@]1(c3ccc(-c4ccnc(N)c4)cc3)NC(=O)NC1=O)C2. The molecule has 0 bridgehead atoms. The number of carbonyl (C=O) groups excluding carboxylic acids is 3. The number of nitrogens with two attached hydrogens (primary N) is 1. The van der Waals surface area contributed by atoms with Gasteiger partial charge in [-0.05, 0) is 46.5 Å². The Morgan fingerprint density at radius 3 is 2.52 bits per heavy atom.